The Kier molecular flexibility index (Phi) is 6.55. The van der Waals surface area contributed by atoms with Crippen LogP contribution in [0.2, 0.25) is 0 Å². The number of likely N-dealkylation sites (N-methyl/N-ethyl adjacent to an activating group) is 1. The monoisotopic (exact) mass is 263 g/mol. The van der Waals surface area contributed by atoms with E-state index >= 15 is 0 Å². The van der Waals surface area contributed by atoms with E-state index in [9.17, 15) is 4.79 Å². The second-order valence-electron chi connectivity index (χ2n) is 3.56. The fourth-order valence-corrected chi connectivity index (χ4v) is 2.13. The van der Waals surface area contributed by atoms with Gasteiger partial charge in [0, 0.05) is 18.1 Å². The topological polar surface area (TPSA) is 59.2 Å². The number of amides is 1. The van der Waals surface area contributed by atoms with E-state index in [-0.39, 0.29) is 18.3 Å². The third kappa shape index (κ3) is 4.08. The number of hydrogen-bond acceptors (Lipinski definition) is 4. The quantitative estimate of drug-likeness (QED) is 0.894. The molecule has 0 radical (unpaired) electrons. The van der Waals surface area contributed by atoms with E-state index in [2.05, 4.69) is 11.9 Å². The Hall–Kier alpha value is -0.650. The molecule has 0 spiro atoms. The summed E-state index contributed by atoms with van der Waals surface area (Å²) in [5.41, 5.74) is 5.51. The summed E-state index contributed by atoms with van der Waals surface area (Å²) in [6.07, 6.45) is 2.85. The summed E-state index contributed by atoms with van der Waals surface area (Å²) in [4.78, 5) is 18.6. The number of carbonyl (C=O) groups excluding carboxylic acids is 1. The summed E-state index contributed by atoms with van der Waals surface area (Å²) < 4.78 is 0. The minimum atomic E-state index is -0.444. The maximum Gasteiger partial charge on any atom is 0.239 e. The van der Waals surface area contributed by atoms with Gasteiger partial charge in [-0.05, 0) is 13.3 Å². The van der Waals surface area contributed by atoms with Crippen LogP contribution in [0.15, 0.2) is 6.20 Å². The molecule has 1 amide bonds. The Labute approximate surface area is 106 Å². The molecule has 1 heterocycles. The van der Waals surface area contributed by atoms with Crippen LogP contribution < -0.4 is 5.73 Å². The lowest BCUT2D eigenvalue weighted by molar-refractivity contribution is -0.131. The van der Waals surface area contributed by atoms with Crippen LogP contribution in [0.4, 0.5) is 0 Å². The van der Waals surface area contributed by atoms with Crippen molar-refractivity contribution in [3.05, 3.63) is 16.1 Å². The molecule has 0 bridgehead atoms. The predicted molar refractivity (Wildman–Crippen MR) is 68.9 cm³/mol. The van der Waals surface area contributed by atoms with Gasteiger partial charge in [0.15, 0.2) is 0 Å². The van der Waals surface area contributed by atoms with Gasteiger partial charge < -0.3 is 10.6 Å². The van der Waals surface area contributed by atoms with Crippen molar-refractivity contribution in [3.63, 3.8) is 0 Å². The zero-order valence-corrected chi connectivity index (χ0v) is 11.4. The Balaban J connectivity index is 0.00000225. The number of thiazole rings is 1. The number of halogens is 1. The zero-order chi connectivity index (χ0) is 11.4. The molecule has 1 aromatic rings. The molecule has 0 aliphatic heterocycles. The molecule has 1 unspecified atom stereocenters. The summed E-state index contributed by atoms with van der Waals surface area (Å²) in [6, 6.07) is -0.444. The van der Waals surface area contributed by atoms with Crippen molar-refractivity contribution in [1.29, 1.82) is 0 Å². The van der Waals surface area contributed by atoms with E-state index < -0.39 is 6.04 Å². The largest absolute Gasteiger partial charge is 0.338 e. The molecule has 2 N–H and O–H groups in total. The first-order chi connectivity index (χ1) is 7.04. The lowest BCUT2D eigenvalue weighted by atomic mass is 10.3. The number of aryl methyl sites for hydroxylation is 1. The van der Waals surface area contributed by atoms with Gasteiger partial charge in [-0.3, -0.25) is 4.79 Å². The standard InChI is InChI=1S/C10H17N3OS.ClH/c1-4-8-5-12-9(15-8)6-13(3)10(14)7(2)11;/h5,7H,4,6,11H2,1-3H3;1H. The molecule has 1 aromatic heterocycles. The molecule has 1 rings (SSSR count). The van der Waals surface area contributed by atoms with E-state index in [4.69, 9.17) is 5.73 Å². The molecule has 0 saturated heterocycles. The van der Waals surface area contributed by atoms with Crippen LogP contribution in [-0.2, 0) is 17.8 Å². The van der Waals surface area contributed by atoms with Crippen molar-refractivity contribution < 1.29 is 4.79 Å². The molecule has 4 nitrogen and oxygen atoms in total. The summed E-state index contributed by atoms with van der Waals surface area (Å²) in [5.74, 6) is -0.0525. The van der Waals surface area contributed by atoms with Gasteiger partial charge in [0.25, 0.3) is 0 Å². The molecule has 0 aliphatic rings. The number of nitrogens with two attached hydrogens (primary N) is 1. The molecular weight excluding hydrogens is 246 g/mol. The Morgan fingerprint density at radius 2 is 2.31 bits per heavy atom. The van der Waals surface area contributed by atoms with Gasteiger partial charge in [-0.25, -0.2) is 4.98 Å². The van der Waals surface area contributed by atoms with Gasteiger partial charge in [0.1, 0.15) is 5.01 Å². The molecule has 0 aromatic carbocycles. The van der Waals surface area contributed by atoms with Crippen LogP contribution >= 0.6 is 23.7 Å². The van der Waals surface area contributed by atoms with Gasteiger partial charge in [0.2, 0.25) is 5.91 Å². The average molecular weight is 264 g/mol. The molecular formula is C10H18ClN3OS. The van der Waals surface area contributed by atoms with Gasteiger partial charge in [0.05, 0.1) is 12.6 Å². The van der Waals surface area contributed by atoms with E-state index in [0.29, 0.717) is 6.54 Å². The summed E-state index contributed by atoms with van der Waals surface area (Å²) in [5, 5.41) is 0.961. The predicted octanol–water partition coefficient (Wildman–Crippen LogP) is 1.43. The van der Waals surface area contributed by atoms with Crippen molar-refractivity contribution in [2.75, 3.05) is 7.05 Å². The Morgan fingerprint density at radius 1 is 1.69 bits per heavy atom. The van der Waals surface area contributed by atoms with Crippen LogP contribution in [0.3, 0.4) is 0 Å². The van der Waals surface area contributed by atoms with Gasteiger partial charge in [-0.15, -0.1) is 23.7 Å². The number of carbonyl (C=O) groups is 1. The molecule has 1 atom stereocenters. The highest BCUT2D eigenvalue weighted by molar-refractivity contribution is 7.11. The van der Waals surface area contributed by atoms with E-state index in [1.54, 1.807) is 30.2 Å². The molecule has 0 aliphatic carbocycles. The summed E-state index contributed by atoms with van der Waals surface area (Å²) >= 11 is 1.64. The third-order valence-electron chi connectivity index (χ3n) is 2.09. The van der Waals surface area contributed by atoms with Crippen molar-refractivity contribution >= 4 is 29.7 Å². The Bertz CT molecular complexity index is 341. The number of nitrogens with zero attached hydrogens (tertiary/aromatic N) is 2. The maximum absolute atomic E-state index is 11.5. The smallest absolute Gasteiger partial charge is 0.239 e. The van der Waals surface area contributed by atoms with E-state index in [0.717, 1.165) is 11.4 Å². The fourth-order valence-electron chi connectivity index (χ4n) is 1.21. The zero-order valence-electron chi connectivity index (χ0n) is 9.77. The van der Waals surface area contributed by atoms with Crippen LogP contribution in [0.5, 0.6) is 0 Å². The molecule has 92 valence electrons. The van der Waals surface area contributed by atoms with Crippen LogP contribution in [-0.4, -0.2) is 28.9 Å². The molecule has 0 saturated carbocycles. The maximum atomic E-state index is 11.5. The lowest BCUT2D eigenvalue weighted by Crippen LogP contribution is -2.39. The van der Waals surface area contributed by atoms with Crippen molar-refractivity contribution in [3.8, 4) is 0 Å². The fraction of sp³-hybridized carbons (Fsp3) is 0.600. The number of aromatic nitrogens is 1. The molecule has 0 fully saturated rings. The van der Waals surface area contributed by atoms with E-state index in [1.165, 1.54) is 4.88 Å². The second-order valence-corrected chi connectivity index (χ2v) is 4.76. The first-order valence-electron chi connectivity index (χ1n) is 4.98. The lowest BCUT2D eigenvalue weighted by Gasteiger charge is -2.17. The first kappa shape index (κ1) is 15.3. The normalized spacial score (nSPS) is 11.8. The average Bonchev–Trinajstić information content (AvgIpc) is 2.64. The molecule has 6 heteroatoms. The summed E-state index contributed by atoms with van der Waals surface area (Å²) in [6.45, 7) is 4.33. The number of hydrogen-bond donors (Lipinski definition) is 1. The SMILES string of the molecule is CCc1cnc(CN(C)C(=O)C(C)N)s1.Cl. The first-order valence-corrected chi connectivity index (χ1v) is 5.80. The van der Waals surface area contributed by atoms with Crippen LogP contribution in [0.1, 0.15) is 23.7 Å². The van der Waals surface area contributed by atoms with Crippen molar-refractivity contribution in [2.24, 2.45) is 5.73 Å². The Morgan fingerprint density at radius 3 is 2.75 bits per heavy atom. The van der Waals surface area contributed by atoms with Crippen molar-refractivity contribution in [2.45, 2.75) is 32.9 Å². The van der Waals surface area contributed by atoms with Crippen LogP contribution in [0, 0.1) is 0 Å². The highest BCUT2D eigenvalue weighted by Gasteiger charge is 2.14. The number of rotatable bonds is 4. The minimum Gasteiger partial charge on any atom is -0.338 e. The molecule has 16 heavy (non-hydrogen) atoms. The highest BCUT2D eigenvalue weighted by atomic mass is 35.5. The third-order valence-corrected chi connectivity index (χ3v) is 3.21. The summed E-state index contributed by atoms with van der Waals surface area (Å²) in [7, 11) is 1.75. The van der Waals surface area contributed by atoms with Crippen LogP contribution in [0.25, 0.3) is 0 Å². The van der Waals surface area contributed by atoms with Gasteiger partial charge in [-0.1, -0.05) is 6.92 Å². The minimum absolute atomic E-state index is 0. The highest BCUT2D eigenvalue weighted by Crippen LogP contribution is 2.14. The van der Waals surface area contributed by atoms with Crippen molar-refractivity contribution in [1.82, 2.24) is 9.88 Å². The second kappa shape index (κ2) is 6.83. The van der Waals surface area contributed by atoms with Gasteiger partial charge in [-0.2, -0.15) is 0 Å². The van der Waals surface area contributed by atoms with E-state index in [1.807, 2.05) is 6.20 Å². The van der Waals surface area contributed by atoms with Gasteiger partial charge >= 0.3 is 0 Å².